The Bertz CT molecular complexity index is 1740. The maximum atomic E-state index is 15.7. The Morgan fingerprint density at radius 2 is 1.88 bits per heavy atom. The molecule has 0 spiro atoms. The summed E-state index contributed by atoms with van der Waals surface area (Å²) in [6.07, 6.45) is 0.203. The maximum absolute atomic E-state index is 15.7. The summed E-state index contributed by atoms with van der Waals surface area (Å²) in [5, 5.41) is 13.3. The molecular formula is C36H41FN8O4. The number of aromatic nitrogens is 3. The fourth-order valence-electron chi connectivity index (χ4n) is 7.28. The molecule has 49 heavy (non-hydrogen) atoms. The molecule has 4 aliphatic rings. The lowest BCUT2D eigenvalue weighted by molar-refractivity contribution is -0.146. The second kappa shape index (κ2) is 13.7. The number of halogens is 1. The van der Waals surface area contributed by atoms with Gasteiger partial charge < -0.3 is 24.6 Å². The molecule has 3 aromatic rings. The van der Waals surface area contributed by atoms with E-state index in [9.17, 15) is 14.9 Å². The minimum atomic E-state index is -1.47. The number of hydrogen-bond acceptors (Lipinski definition) is 11. The minimum absolute atomic E-state index is 0.0789. The van der Waals surface area contributed by atoms with Gasteiger partial charge in [-0.2, -0.15) is 10.2 Å². The summed E-state index contributed by atoms with van der Waals surface area (Å²) in [6.45, 7) is 9.58. The second-order valence-electron chi connectivity index (χ2n) is 14.1. The van der Waals surface area contributed by atoms with E-state index in [0.29, 0.717) is 42.8 Å². The number of ketones is 1. The van der Waals surface area contributed by atoms with Crippen LogP contribution >= 0.6 is 0 Å². The Morgan fingerprint density at radius 1 is 1.10 bits per heavy atom. The summed E-state index contributed by atoms with van der Waals surface area (Å²) in [5.41, 5.74) is 2.06. The molecule has 1 amide bonds. The molecule has 12 nitrogen and oxygen atoms in total. The van der Waals surface area contributed by atoms with Crippen LogP contribution in [0.15, 0.2) is 48.8 Å². The summed E-state index contributed by atoms with van der Waals surface area (Å²) in [5.74, 6) is 0.511. The number of piperazine rings is 1. The normalized spacial score (nSPS) is 24.3. The minimum Gasteiger partial charge on any atom is -0.485 e. The van der Waals surface area contributed by atoms with Crippen molar-refractivity contribution >= 4 is 29.0 Å². The first-order valence-corrected chi connectivity index (χ1v) is 17.0. The number of ether oxygens (including phenoxy) is 2. The molecule has 2 aromatic carbocycles. The summed E-state index contributed by atoms with van der Waals surface area (Å²) < 4.78 is 27.2. The van der Waals surface area contributed by atoms with Crippen molar-refractivity contribution < 1.29 is 23.5 Å². The van der Waals surface area contributed by atoms with Crippen molar-refractivity contribution in [3.8, 4) is 23.2 Å². The van der Waals surface area contributed by atoms with Crippen LogP contribution in [0.3, 0.4) is 0 Å². The highest BCUT2D eigenvalue weighted by atomic mass is 19.1. The highest BCUT2D eigenvalue weighted by Crippen LogP contribution is 2.38. The van der Waals surface area contributed by atoms with E-state index >= 15 is 4.39 Å². The fourth-order valence-corrected chi connectivity index (χ4v) is 7.28. The van der Waals surface area contributed by atoms with E-state index < -0.39 is 17.7 Å². The Hall–Kier alpha value is -4.67. The number of rotatable bonds is 8. The monoisotopic (exact) mass is 668 g/mol. The molecule has 0 radical (unpaired) electrons. The average Bonchev–Trinajstić information content (AvgIpc) is 3.52. The molecule has 3 atom stereocenters. The van der Waals surface area contributed by atoms with Crippen LogP contribution < -0.4 is 15.0 Å². The summed E-state index contributed by atoms with van der Waals surface area (Å²) >= 11 is 0. The number of benzene rings is 2. The summed E-state index contributed by atoms with van der Waals surface area (Å²) in [4.78, 5) is 44.4. The highest BCUT2D eigenvalue weighted by Gasteiger charge is 2.47. The van der Waals surface area contributed by atoms with Crippen LogP contribution in [-0.2, 0) is 14.3 Å². The number of nitrogens with one attached hydrogen (secondary N) is 1. The molecule has 4 heterocycles. The van der Waals surface area contributed by atoms with Gasteiger partial charge in [-0.05, 0) is 48.9 Å². The van der Waals surface area contributed by atoms with Crippen LogP contribution in [0.25, 0.3) is 11.4 Å². The van der Waals surface area contributed by atoms with Crippen LogP contribution in [0, 0.1) is 22.7 Å². The van der Waals surface area contributed by atoms with Crippen LogP contribution in [0.2, 0.25) is 0 Å². The predicted octanol–water partition coefficient (Wildman–Crippen LogP) is 4.00. The Kier molecular flexibility index (Phi) is 9.17. The van der Waals surface area contributed by atoms with Crippen LogP contribution in [0.4, 0.5) is 21.7 Å². The topological polar surface area (TPSA) is 137 Å². The van der Waals surface area contributed by atoms with Crippen molar-refractivity contribution in [3.63, 3.8) is 0 Å². The number of nitriles is 1. The SMILES string of the molecule is CC1(C)CN(C(=O)[C@@H]2CCC(=O)C2)C[C@H](F)[C@@H]1Oc1ccc(-c2ncnc(Nc3ccc(N4CCN(C5COC5)CC4)cc3)n2)cc1C#N. The molecule has 1 aliphatic carbocycles. The van der Waals surface area contributed by atoms with Gasteiger partial charge in [-0.25, -0.2) is 14.4 Å². The first kappa shape index (κ1) is 32.9. The Labute approximate surface area is 285 Å². The first-order valence-electron chi connectivity index (χ1n) is 17.0. The van der Waals surface area contributed by atoms with E-state index in [4.69, 9.17) is 9.47 Å². The van der Waals surface area contributed by atoms with Gasteiger partial charge >= 0.3 is 0 Å². The summed E-state index contributed by atoms with van der Waals surface area (Å²) in [6, 6.07) is 15.9. The first-order chi connectivity index (χ1) is 23.7. The lowest BCUT2D eigenvalue weighted by atomic mass is 9.79. The Balaban J connectivity index is 0.988. The van der Waals surface area contributed by atoms with Crippen molar-refractivity contribution in [1.82, 2.24) is 24.8 Å². The number of nitrogens with zero attached hydrogens (tertiary/aromatic N) is 7. The molecule has 0 unspecified atom stereocenters. The Morgan fingerprint density at radius 3 is 2.53 bits per heavy atom. The third-order valence-electron chi connectivity index (χ3n) is 10.1. The number of likely N-dealkylation sites (tertiary alicyclic amines) is 1. The molecule has 7 rings (SSSR count). The molecule has 256 valence electrons. The van der Waals surface area contributed by atoms with E-state index in [-0.39, 0.29) is 41.9 Å². The number of Topliss-reactive ketones (excluding diaryl/α,β-unsaturated/α-hetero) is 1. The van der Waals surface area contributed by atoms with Gasteiger partial charge in [0.25, 0.3) is 0 Å². The van der Waals surface area contributed by atoms with E-state index in [1.165, 1.54) is 16.9 Å². The molecule has 1 aromatic heterocycles. The van der Waals surface area contributed by atoms with Gasteiger partial charge in [0.2, 0.25) is 11.9 Å². The predicted molar refractivity (Wildman–Crippen MR) is 180 cm³/mol. The maximum Gasteiger partial charge on any atom is 0.230 e. The van der Waals surface area contributed by atoms with Gasteiger partial charge in [-0.1, -0.05) is 13.8 Å². The molecule has 0 bridgehead atoms. The highest BCUT2D eigenvalue weighted by molar-refractivity contribution is 5.90. The number of alkyl halides is 1. The van der Waals surface area contributed by atoms with Crippen molar-refractivity contribution in [2.75, 3.05) is 62.7 Å². The third kappa shape index (κ3) is 7.07. The average molecular weight is 669 g/mol. The number of anilines is 3. The standard InChI is InChI=1S/C36H41FN8O4/c1-36(2)21-45(34(47)24-3-9-29(46)16-24)18-30(37)32(36)49-31-10-4-23(15-25(31)17-38)33-39-22-40-35(42-33)41-26-5-7-27(8-6-26)43-11-13-44(14-12-43)28-19-48-20-28/h4-8,10,15,22,24,28,30,32H,3,9,11-14,16,18-21H2,1-2H3,(H,39,40,41,42)/t24-,30+,32+/m1/s1. The van der Waals surface area contributed by atoms with Crippen molar-refractivity contribution in [2.45, 2.75) is 51.4 Å². The zero-order chi connectivity index (χ0) is 34.1. The number of piperidine rings is 1. The van der Waals surface area contributed by atoms with Crippen LogP contribution in [0.1, 0.15) is 38.7 Å². The quantitative estimate of drug-likeness (QED) is 0.373. The van der Waals surface area contributed by atoms with Crippen molar-refractivity contribution in [2.24, 2.45) is 11.3 Å². The van der Waals surface area contributed by atoms with Gasteiger partial charge in [0, 0.05) is 73.8 Å². The molecule has 4 fully saturated rings. The molecule has 13 heteroatoms. The summed E-state index contributed by atoms with van der Waals surface area (Å²) in [7, 11) is 0. The zero-order valence-corrected chi connectivity index (χ0v) is 27.8. The van der Waals surface area contributed by atoms with Gasteiger partial charge in [0.05, 0.1) is 31.4 Å². The van der Waals surface area contributed by atoms with Crippen LogP contribution in [0.5, 0.6) is 5.75 Å². The van der Waals surface area contributed by atoms with E-state index in [2.05, 4.69) is 48.3 Å². The largest absolute Gasteiger partial charge is 0.485 e. The van der Waals surface area contributed by atoms with E-state index in [1.54, 1.807) is 18.2 Å². The van der Waals surface area contributed by atoms with Crippen molar-refractivity contribution in [3.05, 3.63) is 54.4 Å². The van der Waals surface area contributed by atoms with Crippen LogP contribution in [-0.4, -0.2) is 107 Å². The lowest BCUT2D eigenvalue weighted by Crippen LogP contribution is -2.59. The van der Waals surface area contributed by atoms with Gasteiger partial charge in [-0.3, -0.25) is 14.5 Å². The molecule has 1 N–H and O–H groups in total. The van der Waals surface area contributed by atoms with Gasteiger partial charge in [-0.15, -0.1) is 0 Å². The number of amides is 1. The molecule has 3 saturated heterocycles. The number of hydrogen-bond donors (Lipinski definition) is 1. The van der Waals surface area contributed by atoms with E-state index in [0.717, 1.165) is 45.1 Å². The van der Waals surface area contributed by atoms with Gasteiger partial charge in [0.15, 0.2) is 12.0 Å². The number of carbonyl (C=O) groups is 2. The van der Waals surface area contributed by atoms with E-state index in [1.807, 2.05) is 26.0 Å². The molecular weight excluding hydrogens is 627 g/mol. The van der Waals surface area contributed by atoms with Crippen molar-refractivity contribution in [1.29, 1.82) is 5.26 Å². The second-order valence-corrected chi connectivity index (χ2v) is 14.1. The smallest absolute Gasteiger partial charge is 0.230 e. The zero-order valence-electron chi connectivity index (χ0n) is 27.8. The fraction of sp³-hybridized carbons (Fsp3) is 0.500. The number of carbonyl (C=O) groups excluding carboxylic acids is 2. The molecule has 1 saturated carbocycles. The third-order valence-corrected chi connectivity index (χ3v) is 10.1. The lowest BCUT2D eigenvalue weighted by Gasteiger charge is -2.46. The molecule has 3 aliphatic heterocycles. The van der Waals surface area contributed by atoms with Gasteiger partial charge in [0.1, 0.15) is 30.0 Å².